The third-order valence-electron chi connectivity index (χ3n) is 3.59. The summed E-state index contributed by atoms with van der Waals surface area (Å²) >= 11 is 0. The van der Waals surface area contributed by atoms with Crippen molar-refractivity contribution in [1.29, 1.82) is 0 Å². The summed E-state index contributed by atoms with van der Waals surface area (Å²) in [6.07, 6.45) is 13.4. The monoisotopic (exact) mass is 308 g/mol. The third-order valence-corrected chi connectivity index (χ3v) is 3.59. The fourth-order valence-corrected chi connectivity index (χ4v) is 2.20. The molecule has 0 fully saturated rings. The summed E-state index contributed by atoms with van der Waals surface area (Å²) in [5.74, 6) is 0. The molecule has 0 amide bonds. The fourth-order valence-electron chi connectivity index (χ4n) is 2.20. The lowest BCUT2D eigenvalue weighted by atomic mass is 10.1. The Bertz CT molecular complexity index is 291. The van der Waals surface area contributed by atoms with Crippen LogP contribution in [-0.2, 0) is 0 Å². The van der Waals surface area contributed by atoms with Gasteiger partial charge < -0.3 is 22.9 Å². The van der Waals surface area contributed by atoms with Gasteiger partial charge in [0.15, 0.2) is 0 Å². The zero-order valence-corrected chi connectivity index (χ0v) is 14.1. The topological polar surface area (TPSA) is 104 Å². The van der Waals surface area contributed by atoms with E-state index >= 15 is 0 Å². The number of hydrogen-bond donors (Lipinski definition) is 4. The average Bonchev–Trinajstić information content (AvgIpc) is 2.53. The molecule has 8 N–H and O–H groups in total. The highest BCUT2D eigenvalue weighted by atomic mass is 14.6. The van der Waals surface area contributed by atoms with Crippen molar-refractivity contribution in [3.05, 3.63) is 24.3 Å². The van der Waals surface area contributed by atoms with Crippen LogP contribution in [0.15, 0.2) is 24.3 Å². The lowest BCUT2D eigenvalue weighted by molar-refractivity contribution is 0.554. The minimum absolute atomic E-state index is 0.749. The molecule has 1 rings (SSSR count). The molecular formula is C18H36N4. The number of rotatable bonds is 11. The number of benzene rings is 1. The largest absolute Gasteiger partial charge is 0.399 e. The normalized spacial score (nSPS) is 10.1. The Hall–Kier alpha value is -1.26. The van der Waals surface area contributed by atoms with Crippen molar-refractivity contribution in [2.75, 3.05) is 24.6 Å². The molecule has 0 aliphatic carbocycles. The van der Waals surface area contributed by atoms with Gasteiger partial charge in [-0.25, -0.2) is 0 Å². The molecule has 0 unspecified atom stereocenters. The summed E-state index contributed by atoms with van der Waals surface area (Å²) in [4.78, 5) is 0. The van der Waals surface area contributed by atoms with Crippen molar-refractivity contribution in [2.45, 2.75) is 64.2 Å². The van der Waals surface area contributed by atoms with Crippen LogP contribution in [0.2, 0.25) is 0 Å². The quantitative estimate of drug-likeness (QED) is 0.370. The highest BCUT2D eigenvalue weighted by molar-refractivity contribution is 5.47. The molecule has 0 heterocycles. The molecule has 0 saturated carbocycles. The Morgan fingerprint density at radius 3 is 0.909 bits per heavy atom. The fraction of sp³-hybridized carbons (Fsp3) is 0.667. The lowest BCUT2D eigenvalue weighted by Gasteiger charge is -2.01. The van der Waals surface area contributed by atoms with E-state index in [1.807, 2.05) is 0 Å². The van der Waals surface area contributed by atoms with Gasteiger partial charge in [0.05, 0.1) is 0 Å². The summed E-state index contributed by atoms with van der Waals surface area (Å²) in [6.45, 7) is 1.72. The zero-order valence-electron chi connectivity index (χ0n) is 14.1. The van der Waals surface area contributed by atoms with E-state index in [1.165, 1.54) is 64.2 Å². The van der Waals surface area contributed by atoms with Crippen LogP contribution in [0.4, 0.5) is 11.4 Å². The van der Waals surface area contributed by atoms with Gasteiger partial charge in [-0.2, -0.15) is 0 Å². The van der Waals surface area contributed by atoms with Crippen molar-refractivity contribution in [2.24, 2.45) is 11.5 Å². The molecule has 0 radical (unpaired) electrons. The first-order valence-corrected chi connectivity index (χ1v) is 8.72. The van der Waals surface area contributed by atoms with Gasteiger partial charge in [-0.3, -0.25) is 0 Å². The van der Waals surface area contributed by atoms with Crippen molar-refractivity contribution >= 4 is 11.4 Å². The van der Waals surface area contributed by atoms with Gasteiger partial charge in [0.25, 0.3) is 0 Å². The first-order valence-electron chi connectivity index (χ1n) is 8.72. The molecule has 0 aliphatic heterocycles. The van der Waals surface area contributed by atoms with Gasteiger partial charge in [-0.05, 0) is 50.2 Å². The molecule has 1 aromatic rings. The molecular weight excluding hydrogens is 272 g/mol. The van der Waals surface area contributed by atoms with Crippen LogP contribution < -0.4 is 22.9 Å². The molecule has 0 spiro atoms. The Balaban J connectivity index is 0.000000461. The van der Waals surface area contributed by atoms with E-state index in [-0.39, 0.29) is 0 Å². The van der Waals surface area contributed by atoms with Crippen LogP contribution in [0.3, 0.4) is 0 Å². The second kappa shape index (κ2) is 16.1. The summed E-state index contributed by atoms with van der Waals surface area (Å²) < 4.78 is 0. The average molecular weight is 309 g/mol. The molecule has 4 heteroatoms. The van der Waals surface area contributed by atoms with Crippen LogP contribution in [0.5, 0.6) is 0 Å². The molecule has 0 aromatic heterocycles. The molecule has 0 bridgehead atoms. The molecule has 128 valence electrons. The van der Waals surface area contributed by atoms with Gasteiger partial charge in [0.2, 0.25) is 0 Å². The van der Waals surface area contributed by atoms with E-state index in [0.717, 1.165) is 24.5 Å². The van der Waals surface area contributed by atoms with Crippen molar-refractivity contribution in [3.8, 4) is 0 Å². The summed E-state index contributed by atoms with van der Waals surface area (Å²) in [7, 11) is 0. The predicted octanol–water partition coefficient (Wildman–Crippen LogP) is 3.66. The van der Waals surface area contributed by atoms with Crippen molar-refractivity contribution in [3.63, 3.8) is 0 Å². The Morgan fingerprint density at radius 1 is 0.455 bits per heavy atom. The van der Waals surface area contributed by atoms with Crippen LogP contribution in [0.1, 0.15) is 64.2 Å². The second-order valence-corrected chi connectivity index (χ2v) is 5.78. The highest BCUT2D eigenvalue weighted by Crippen LogP contribution is 2.09. The molecule has 1 aromatic carbocycles. The number of hydrogen-bond acceptors (Lipinski definition) is 4. The summed E-state index contributed by atoms with van der Waals surface area (Å²) in [5, 5.41) is 0. The van der Waals surface area contributed by atoms with Gasteiger partial charge in [0, 0.05) is 11.4 Å². The van der Waals surface area contributed by atoms with E-state index in [4.69, 9.17) is 22.9 Å². The smallest absolute Gasteiger partial charge is 0.0315 e. The van der Waals surface area contributed by atoms with E-state index < -0.39 is 0 Å². The molecule has 22 heavy (non-hydrogen) atoms. The third kappa shape index (κ3) is 15.1. The van der Waals surface area contributed by atoms with Crippen LogP contribution in [-0.4, -0.2) is 13.1 Å². The van der Waals surface area contributed by atoms with Gasteiger partial charge in [-0.1, -0.05) is 51.4 Å². The van der Waals surface area contributed by atoms with E-state index in [9.17, 15) is 0 Å². The van der Waals surface area contributed by atoms with E-state index in [1.54, 1.807) is 24.3 Å². The van der Waals surface area contributed by atoms with E-state index in [0.29, 0.717) is 0 Å². The Kier molecular flexibility index (Phi) is 15.2. The summed E-state index contributed by atoms with van der Waals surface area (Å²) in [6, 6.07) is 7.09. The number of nitrogen functional groups attached to an aromatic ring is 2. The Morgan fingerprint density at radius 2 is 0.682 bits per heavy atom. The first kappa shape index (κ1) is 20.7. The maximum absolute atomic E-state index is 5.43. The van der Waals surface area contributed by atoms with Crippen LogP contribution in [0.25, 0.3) is 0 Å². The molecule has 0 aliphatic rings. The summed E-state index contributed by atoms with van der Waals surface area (Å²) in [5.41, 5.74) is 23.1. The number of unbranched alkanes of at least 4 members (excludes halogenated alkanes) is 9. The maximum Gasteiger partial charge on any atom is 0.0315 e. The maximum atomic E-state index is 5.43. The van der Waals surface area contributed by atoms with Gasteiger partial charge >= 0.3 is 0 Å². The molecule has 0 atom stereocenters. The second-order valence-electron chi connectivity index (χ2n) is 5.78. The molecule has 4 nitrogen and oxygen atoms in total. The lowest BCUT2D eigenvalue weighted by Crippen LogP contribution is -1.97. The number of nitrogens with two attached hydrogens (primary N) is 4. The Labute approximate surface area is 136 Å². The zero-order chi connectivity index (χ0) is 16.5. The van der Waals surface area contributed by atoms with Crippen LogP contribution >= 0.6 is 0 Å². The predicted molar refractivity (Wildman–Crippen MR) is 99.5 cm³/mol. The highest BCUT2D eigenvalue weighted by Gasteiger charge is 1.91. The minimum atomic E-state index is 0.749. The minimum Gasteiger partial charge on any atom is -0.399 e. The van der Waals surface area contributed by atoms with Gasteiger partial charge in [0.1, 0.15) is 0 Å². The standard InChI is InChI=1S/C12H28N2.C6H8N2/c13-11-9-7-5-3-1-2-4-6-8-10-12-14;7-5-1-2-6(8)4-3-5/h1-14H2;1-4H,7-8H2. The van der Waals surface area contributed by atoms with Crippen molar-refractivity contribution < 1.29 is 0 Å². The molecule has 0 saturated heterocycles. The SMILES string of the molecule is NCCCCCCCCCCCCN.Nc1ccc(N)cc1. The number of anilines is 2. The first-order chi connectivity index (χ1) is 10.7. The van der Waals surface area contributed by atoms with Crippen molar-refractivity contribution in [1.82, 2.24) is 0 Å². The van der Waals surface area contributed by atoms with Gasteiger partial charge in [-0.15, -0.1) is 0 Å². The van der Waals surface area contributed by atoms with Crippen LogP contribution in [0, 0.1) is 0 Å². The van der Waals surface area contributed by atoms with E-state index in [2.05, 4.69) is 0 Å².